The van der Waals surface area contributed by atoms with Gasteiger partial charge in [0.1, 0.15) is 0 Å². The fourth-order valence-corrected chi connectivity index (χ4v) is 2.24. The lowest BCUT2D eigenvalue weighted by Crippen LogP contribution is -2.29. The maximum atomic E-state index is 11.8. The summed E-state index contributed by atoms with van der Waals surface area (Å²) in [5.41, 5.74) is 0.862. The zero-order chi connectivity index (χ0) is 14.1. The lowest BCUT2D eigenvalue weighted by Gasteiger charge is -2.13. The first-order valence-corrected chi connectivity index (χ1v) is 7.29. The Hall–Kier alpha value is -1.76. The van der Waals surface area contributed by atoms with Crippen molar-refractivity contribution >= 4 is 21.8 Å². The molecule has 1 aliphatic rings. The summed E-state index contributed by atoms with van der Waals surface area (Å²) in [6.07, 6.45) is 1.96. The van der Waals surface area contributed by atoms with Gasteiger partial charge in [-0.15, -0.1) is 5.10 Å². The van der Waals surface area contributed by atoms with Crippen molar-refractivity contribution in [3.05, 3.63) is 34.6 Å². The fourth-order valence-electron chi connectivity index (χ4n) is 1.97. The zero-order valence-corrected chi connectivity index (χ0v) is 12.5. The van der Waals surface area contributed by atoms with Gasteiger partial charge in [0.2, 0.25) is 5.91 Å². The van der Waals surface area contributed by atoms with Gasteiger partial charge in [0.25, 0.3) is 0 Å². The van der Waals surface area contributed by atoms with E-state index >= 15 is 0 Å². The summed E-state index contributed by atoms with van der Waals surface area (Å²) in [6, 6.07) is 7.46. The number of halogens is 1. The molecule has 1 heterocycles. The molecule has 1 atom stereocenters. The minimum atomic E-state index is -0.221. The smallest absolute Gasteiger partial charge is 0.223 e. The number of amides is 1. The second kappa shape index (κ2) is 5.32. The Morgan fingerprint density at radius 1 is 1.40 bits per heavy atom. The first-order valence-electron chi connectivity index (χ1n) is 6.50. The van der Waals surface area contributed by atoms with Crippen LogP contribution in [0.5, 0.6) is 0 Å². The zero-order valence-electron chi connectivity index (χ0n) is 11.0. The van der Waals surface area contributed by atoms with Crippen molar-refractivity contribution in [3.63, 3.8) is 0 Å². The van der Waals surface area contributed by atoms with Gasteiger partial charge >= 0.3 is 0 Å². The van der Waals surface area contributed by atoms with E-state index in [2.05, 4.69) is 36.8 Å². The van der Waals surface area contributed by atoms with Crippen molar-refractivity contribution in [1.82, 2.24) is 25.5 Å². The number of benzene rings is 1. The van der Waals surface area contributed by atoms with E-state index in [9.17, 15) is 4.79 Å². The molecule has 0 bridgehead atoms. The average Bonchev–Trinajstić information content (AvgIpc) is 3.17. The SMILES string of the molecule is CC(NC(=O)C1CC1)c1nnnn1-c1ccc(Br)cc1. The molecule has 0 aliphatic heterocycles. The fraction of sp³-hybridized carbons (Fsp3) is 0.385. The van der Waals surface area contributed by atoms with Gasteiger partial charge in [-0.3, -0.25) is 4.79 Å². The highest BCUT2D eigenvalue weighted by Crippen LogP contribution is 2.29. The third-order valence-corrected chi connectivity index (χ3v) is 3.79. The number of tetrazole rings is 1. The summed E-state index contributed by atoms with van der Waals surface area (Å²) in [6.45, 7) is 1.89. The summed E-state index contributed by atoms with van der Waals surface area (Å²) in [7, 11) is 0. The summed E-state index contributed by atoms with van der Waals surface area (Å²) in [4.78, 5) is 11.8. The maximum Gasteiger partial charge on any atom is 0.223 e. The number of rotatable bonds is 4. The number of hydrogen-bond acceptors (Lipinski definition) is 4. The van der Waals surface area contributed by atoms with Crippen LogP contribution >= 0.6 is 15.9 Å². The number of nitrogens with one attached hydrogen (secondary N) is 1. The molecule has 1 aliphatic carbocycles. The number of carbonyl (C=O) groups excluding carboxylic acids is 1. The molecule has 6 nitrogen and oxygen atoms in total. The molecule has 0 radical (unpaired) electrons. The minimum Gasteiger partial charge on any atom is -0.346 e. The summed E-state index contributed by atoms with van der Waals surface area (Å²) in [5.74, 6) is 0.888. The third-order valence-electron chi connectivity index (χ3n) is 3.26. The average molecular weight is 336 g/mol. The second-order valence-electron chi connectivity index (χ2n) is 4.93. The number of nitrogens with zero attached hydrogens (tertiary/aromatic N) is 4. The van der Waals surface area contributed by atoms with Gasteiger partial charge in [-0.05, 0) is 54.5 Å². The van der Waals surface area contributed by atoms with E-state index < -0.39 is 0 Å². The molecule has 1 fully saturated rings. The predicted octanol–water partition coefficient (Wildman–Crippen LogP) is 2.01. The molecule has 1 aromatic heterocycles. The lowest BCUT2D eigenvalue weighted by molar-refractivity contribution is -0.123. The van der Waals surface area contributed by atoms with Gasteiger partial charge in [0, 0.05) is 10.4 Å². The van der Waals surface area contributed by atoms with Crippen LogP contribution < -0.4 is 5.32 Å². The third kappa shape index (κ3) is 2.72. The van der Waals surface area contributed by atoms with E-state index in [1.165, 1.54) is 0 Å². The van der Waals surface area contributed by atoms with Crippen LogP contribution in [0.4, 0.5) is 0 Å². The van der Waals surface area contributed by atoms with Crippen LogP contribution in [0.1, 0.15) is 31.6 Å². The predicted molar refractivity (Wildman–Crippen MR) is 76.1 cm³/mol. The Morgan fingerprint density at radius 3 is 2.75 bits per heavy atom. The largest absolute Gasteiger partial charge is 0.346 e. The molecule has 20 heavy (non-hydrogen) atoms. The van der Waals surface area contributed by atoms with Crippen LogP contribution in [0, 0.1) is 5.92 Å². The lowest BCUT2D eigenvalue weighted by atomic mass is 10.2. The van der Waals surface area contributed by atoms with Gasteiger partial charge in [0.15, 0.2) is 5.82 Å². The minimum absolute atomic E-state index is 0.0860. The molecule has 2 aromatic rings. The topological polar surface area (TPSA) is 72.7 Å². The van der Waals surface area contributed by atoms with E-state index in [0.29, 0.717) is 5.82 Å². The Labute approximate surface area is 124 Å². The van der Waals surface area contributed by atoms with E-state index in [1.54, 1.807) is 4.68 Å². The van der Waals surface area contributed by atoms with E-state index in [1.807, 2.05) is 31.2 Å². The van der Waals surface area contributed by atoms with Crippen LogP contribution in [0.2, 0.25) is 0 Å². The Bertz CT molecular complexity index is 620. The van der Waals surface area contributed by atoms with Gasteiger partial charge < -0.3 is 5.32 Å². The van der Waals surface area contributed by atoms with E-state index in [0.717, 1.165) is 23.0 Å². The van der Waals surface area contributed by atoms with Crippen LogP contribution in [0.25, 0.3) is 5.69 Å². The highest BCUT2D eigenvalue weighted by molar-refractivity contribution is 9.10. The summed E-state index contributed by atoms with van der Waals surface area (Å²) in [5, 5.41) is 14.7. The number of carbonyl (C=O) groups is 1. The highest BCUT2D eigenvalue weighted by Gasteiger charge is 2.31. The standard InChI is InChI=1S/C13H14BrN5O/c1-8(15-13(20)9-2-3-9)12-16-17-18-19(12)11-6-4-10(14)5-7-11/h4-9H,2-3H2,1H3,(H,15,20). The van der Waals surface area contributed by atoms with Crippen molar-refractivity contribution in [2.24, 2.45) is 5.92 Å². The molecule has 1 amide bonds. The first kappa shape index (κ1) is 13.2. The molecule has 104 valence electrons. The Morgan fingerprint density at radius 2 is 2.10 bits per heavy atom. The van der Waals surface area contributed by atoms with Crippen molar-refractivity contribution in [1.29, 1.82) is 0 Å². The molecule has 1 saturated carbocycles. The molecule has 3 rings (SSSR count). The Balaban J connectivity index is 1.81. The first-order chi connectivity index (χ1) is 9.65. The van der Waals surface area contributed by atoms with E-state index in [-0.39, 0.29) is 17.9 Å². The van der Waals surface area contributed by atoms with Gasteiger partial charge in [-0.1, -0.05) is 15.9 Å². The van der Waals surface area contributed by atoms with Crippen LogP contribution in [0.3, 0.4) is 0 Å². The van der Waals surface area contributed by atoms with Crippen LogP contribution in [0.15, 0.2) is 28.7 Å². The van der Waals surface area contributed by atoms with Gasteiger partial charge in [0.05, 0.1) is 11.7 Å². The van der Waals surface area contributed by atoms with Crippen molar-refractivity contribution in [2.45, 2.75) is 25.8 Å². The van der Waals surface area contributed by atoms with Crippen molar-refractivity contribution < 1.29 is 4.79 Å². The summed E-state index contributed by atoms with van der Waals surface area (Å²) < 4.78 is 2.63. The normalized spacial score (nSPS) is 15.9. The Kier molecular flexibility index (Phi) is 3.52. The van der Waals surface area contributed by atoms with Crippen LogP contribution in [-0.4, -0.2) is 26.1 Å². The highest BCUT2D eigenvalue weighted by atomic mass is 79.9. The molecule has 0 saturated heterocycles. The van der Waals surface area contributed by atoms with Gasteiger partial charge in [-0.2, -0.15) is 4.68 Å². The molecule has 0 spiro atoms. The van der Waals surface area contributed by atoms with Gasteiger partial charge in [-0.25, -0.2) is 0 Å². The summed E-state index contributed by atoms with van der Waals surface area (Å²) >= 11 is 3.39. The van der Waals surface area contributed by atoms with E-state index in [4.69, 9.17) is 0 Å². The molecule has 7 heteroatoms. The van der Waals surface area contributed by atoms with Crippen molar-refractivity contribution in [2.75, 3.05) is 0 Å². The molecular weight excluding hydrogens is 322 g/mol. The molecule has 1 N–H and O–H groups in total. The maximum absolute atomic E-state index is 11.8. The quantitative estimate of drug-likeness (QED) is 0.927. The van der Waals surface area contributed by atoms with Crippen molar-refractivity contribution in [3.8, 4) is 5.69 Å². The molecule has 1 aromatic carbocycles. The molecule has 1 unspecified atom stereocenters. The number of hydrogen-bond donors (Lipinski definition) is 1. The molecular formula is C13H14BrN5O. The second-order valence-corrected chi connectivity index (χ2v) is 5.85. The monoisotopic (exact) mass is 335 g/mol. The van der Waals surface area contributed by atoms with Crippen LogP contribution in [-0.2, 0) is 4.79 Å². The number of aromatic nitrogens is 4.